The number of pyridine rings is 1. The molecule has 0 aromatic carbocycles. The fourth-order valence-electron chi connectivity index (χ4n) is 3.19. The SMILES string of the molecule is CC1CC(Oc2ncccc2S(N)(=O)=O)CC(C)(C)C1. The van der Waals surface area contributed by atoms with E-state index in [4.69, 9.17) is 9.88 Å². The molecule has 1 aliphatic carbocycles. The Morgan fingerprint density at radius 1 is 1.40 bits per heavy atom. The van der Waals surface area contributed by atoms with Gasteiger partial charge in [-0.15, -0.1) is 0 Å². The van der Waals surface area contributed by atoms with E-state index in [0.29, 0.717) is 5.92 Å². The molecule has 1 aromatic heterocycles. The Kier molecular flexibility index (Phi) is 4.07. The second-order valence-corrected chi connectivity index (χ2v) is 8.03. The number of nitrogens with two attached hydrogens (primary N) is 1. The zero-order valence-electron chi connectivity index (χ0n) is 12.2. The molecule has 6 heteroatoms. The smallest absolute Gasteiger partial charge is 0.243 e. The van der Waals surface area contributed by atoms with E-state index in [0.717, 1.165) is 19.3 Å². The number of ether oxygens (including phenoxy) is 1. The third-order valence-corrected chi connectivity index (χ3v) is 4.59. The molecule has 2 unspecified atom stereocenters. The van der Waals surface area contributed by atoms with Crippen LogP contribution in [0.3, 0.4) is 0 Å². The van der Waals surface area contributed by atoms with Crippen LogP contribution in [0.4, 0.5) is 0 Å². The van der Waals surface area contributed by atoms with Crippen LogP contribution in [-0.4, -0.2) is 19.5 Å². The summed E-state index contributed by atoms with van der Waals surface area (Å²) in [5.41, 5.74) is 0.193. The molecule has 2 N–H and O–H groups in total. The summed E-state index contributed by atoms with van der Waals surface area (Å²) >= 11 is 0. The monoisotopic (exact) mass is 298 g/mol. The number of nitrogens with zero attached hydrogens (tertiary/aromatic N) is 1. The Balaban J connectivity index is 2.23. The number of primary sulfonamides is 1. The first-order valence-electron chi connectivity index (χ1n) is 6.82. The minimum absolute atomic E-state index is 0.0239. The standard InChI is InChI=1S/C14H22N2O3S/c1-10-7-11(9-14(2,3)8-10)19-13-12(20(15,17)18)5-4-6-16-13/h4-6,10-11H,7-9H2,1-3H3,(H2,15,17,18). The van der Waals surface area contributed by atoms with Crippen LogP contribution < -0.4 is 9.88 Å². The summed E-state index contributed by atoms with van der Waals surface area (Å²) in [6, 6.07) is 2.97. The second kappa shape index (κ2) is 5.33. The van der Waals surface area contributed by atoms with E-state index in [1.807, 2.05) is 0 Å². The summed E-state index contributed by atoms with van der Waals surface area (Å²) in [6.45, 7) is 6.60. The van der Waals surface area contributed by atoms with Crippen molar-refractivity contribution in [1.29, 1.82) is 0 Å². The largest absolute Gasteiger partial charge is 0.473 e. The van der Waals surface area contributed by atoms with E-state index in [1.165, 1.54) is 12.3 Å². The van der Waals surface area contributed by atoms with Crippen LogP contribution in [0.5, 0.6) is 5.88 Å². The normalized spacial score (nSPS) is 26.2. The van der Waals surface area contributed by atoms with Gasteiger partial charge in [-0.3, -0.25) is 0 Å². The lowest BCUT2D eigenvalue weighted by atomic mass is 9.71. The molecule has 0 aliphatic heterocycles. The van der Waals surface area contributed by atoms with Crippen LogP contribution in [0.2, 0.25) is 0 Å². The second-order valence-electron chi connectivity index (χ2n) is 6.50. The quantitative estimate of drug-likeness (QED) is 0.928. The van der Waals surface area contributed by atoms with Gasteiger partial charge in [-0.2, -0.15) is 0 Å². The molecule has 1 heterocycles. The molecule has 0 radical (unpaired) electrons. The molecule has 0 saturated heterocycles. The number of aromatic nitrogens is 1. The van der Waals surface area contributed by atoms with Gasteiger partial charge < -0.3 is 4.74 Å². The van der Waals surface area contributed by atoms with E-state index in [1.54, 1.807) is 6.07 Å². The van der Waals surface area contributed by atoms with Crippen LogP contribution >= 0.6 is 0 Å². The Hall–Kier alpha value is -1.14. The molecule has 1 aliphatic rings. The van der Waals surface area contributed by atoms with Gasteiger partial charge in [0, 0.05) is 6.20 Å². The van der Waals surface area contributed by atoms with Crippen molar-refractivity contribution in [3.05, 3.63) is 18.3 Å². The highest BCUT2D eigenvalue weighted by molar-refractivity contribution is 7.89. The van der Waals surface area contributed by atoms with Crippen LogP contribution in [0.25, 0.3) is 0 Å². The number of rotatable bonds is 3. The van der Waals surface area contributed by atoms with Gasteiger partial charge >= 0.3 is 0 Å². The Morgan fingerprint density at radius 2 is 2.10 bits per heavy atom. The Labute approximate surface area is 120 Å². The average molecular weight is 298 g/mol. The van der Waals surface area contributed by atoms with Crippen molar-refractivity contribution in [3.63, 3.8) is 0 Å². The summed E-state index contributed by atoms with van der Waals surface area (Å²) in [5, 5.41) is 5.20. The van der Waals surface area contributed by atoms with E-state index in [-0.39, 0.29) is 22.3 Å². The topological polar surface area (TPSA) is 82.3 Å². The lowest BCUT2D eigenvalue weighted by molar-refractivity contribution is 0.0511. The maximum Gasteiger partial charge on any atom is 0.243 e. The minimum Gasteiger partial charge on any atom is -0.473 e. The first-order valence-corrected chi connectivity index (χ1v) is 8.36. The molecule has 1 fully saturated rings. The molecule has 20 heavy (non-hydrogen) atoms. The van der Waals surface area contributed by atoms with E-state index >= 15 is 0 Å². The van der Waals surface area contributed by atoms with E-state index < -0.39 is 10.0 Å². The summed E-state index contributed by atoms with van der Waals surface area (Å²) < 4.78 is 28.9. The molecule has 2 atom stereocenters. The van der Waals surface area contributed by atoms with Crippen LogP contribution in [0.15, 0.2) is 23.2 Å². The summed E-state index contributed by atoms with van der Waals surface area (Å²) in [7, 11) is -3.81. The van der Waals surface area contributed by atoms with Gasteiger partial charge in [0.25, 0.3) is 0 Å². The van der Waals surface area contributed by atoms with Crippen LogP contribution in [-0.2, 0) is 10.0 Å². The Morgan fingerprint density at radius 3 is 2.70 bits per heavy atom. The molecule has 2 rings (SSSR count). The van der Waals surface area contributed by atoms with Gasteiger partial charge in [-0.1, -0.05) is 20.8 Å². The maximum atomic E-state index is 11.5. The number of hydrogen-bond acceptors (Lipinski definition) is 4. The van der Waals surface area contributed by atoms with Crippen molar-refractivity contribution in [2.75, 3.05) is 0 Å². The fourth-order valence-corrected chi connectivity index (χ4v) is 3.80. The lowest BCUT2D eigenvalue weighted by Crippen LogP contribution is -2.34. The summed E-state index contributed by atoms with van der Waals surface area (Å²) in [5.74, 6) is 0.662. The Bertz CT molecular complexity index is 584. The average Bonchev–Trinajstić information content (AvgIpc) is 2.25. The lowest BCUT2D eigenvalue weighted by Gasteiger charge is -2.38. The van der Waals surface area contributed by atoms with Crippen molar-refractivity contribution >= 4 is 10.0 Å². The highest BCUT2D eigenvalue weighted by Crippen LogP contribution is 2.40. The highest BCUT2D eigenvalue weighted by Gasteiger charge is 2.34. The molecule has 112 valence electrons. The van der Waals surface area contributed by atoms with Crippen molar-refractivity contribution in [2.24, 2.45) is 16.5 Å². The summed E-state index contributed by atoms with van der Waals surface area (Å²) in [6.07, 6.45) is 4.43. The molecule has 1 aromatic rings. The fraction of sp³-hybridized carbons (Fsp3) is 0.643. The zero-order valence-corrected chi connectivity index (χ0v) is 13.0. The highest BCUT2D eigenvalue weighted by atomic mass is 32.2. The third-order valence-electron chi connectivity index (χ3n) is 3.67. The third kappa shape index (κ3) is 3.70. The van der Waals surface area contributed by atoms with Gasteiger partial charge in [0.05, 0.1) is 0 Å². The maximum absolute atomic E-state index is 11.5. The first kappa shape index (κ1) is 15.3. The van der Waals surface area contributed by atoms with Gasteiger partial charge in [-0.25, -0.2) is 18.5 Å². The van der Waals surface area contributed by atoms with Crippen molar-refractivity contribution in [2.45, 2.75) is 51.0 Å². The van der Waals surface area contributed by atoms with Crippen molar-refractivity contribution in [1.82, 2.24) is 4.98 Å². The van der Waals surface area contributed by atoms with Gasteiger partial charge in [0.2, 0.25) is 15.9 Å². The summed E-state index contributed by atoms with van der Waals surface area (Å²) in [4.78, 5) is 3.99. The predicted octanol–water partition coefficient (Wildman–Crippen LogP) is 2.32. The van der Waals surface area contributed by atoms with Crippen molar-refractivity contribution in [3.8, 4) is 5.88 Å². The molecular formula is C14H22N2O3S. The molecule has 5 nitrogen and oxygen atoms in total. The molecule has 0 spiro atoms. The van der Waals surface area contributed by atoms with Gasteiger partial charge in [0.1, 0.15) is 11.0 Å². The molecule has 0 amide bonds. The van der Waals surface area contributed by atoms with Gasteiger partial charge in [0.15, 0.2) is 0 Å². The molecule has 1 saturated carbocycles. The number of sulfonamides is 1. The number of hydrogen-bond donors (Lipinski definition) is 1. The molecular weight excluding hydrogens is 276 g/mol. The van der Waals surface area contributed by atoms with E-state index in [9.17, 15) is 8.42 Å². The van der Waals surface area contributed by atoms with E-state index in [2.05, 4.69) is 25.8 Å². The van der Waals surface area contributed by atoms with Crippen LogP contribution in [0, 0.1) is 11.3 Å². The first-order chi connectivity index (χ1) is 9.17. The van der Waals surface area contributed by atoms with Gasteiger partial charge in [-0.05, 0) is 42.7 Å². The minimum atomic E-state index is -3.81. The predicted molar refractivity (Wildman–Crippen MR) is 76.8 cm³/mol. The van der Waals surface area contributed by atoms with Crippen molar-refractivity contribution < 1.29 is 13.2 Å². The zero-order chi connectivity index (χ0) is 15.0. The van der Waals surface area contributed by atoms with Crippen LogP contribution in [0.1, 0.15) is 40.0 Å². The molecule has 0 bridgehead atoms.